The van der Waals surface area contributed by atoms with Crippen molar-refractivity contribution in [3.63, 3.8) is 0 Å². The summed E-state index contributed by atoms with van der Waals surface area (Å²) in [5.41, 5.74) is 7.44. The van der Waals surface area contributed by atoms with Gasteiger partial charge in [0, 0.05) is 21.1 Å². The van der Waals surface area contributed by atoms with Crippen LogP contribution in [0.4, 0.5) is 5.69 Å². The highest BCUT2D eigenvalue weighted by Crippen LogP contribution is 2.27. The predicted octanol–water partition coefficient (Wildman–Crippen LogP) is 4.26. The predicted molar refractivity (Wildman–Crippen MR) is 74.3 cm³/mol. The third-order valence-electron chi connectivity index (χ3n) is 2.32. The number of hydrogen-bond donors (Lipinski definition) is 1. The van der Waals surface area contributed by atoms with Gasteiger partial charge in [0.05, 0.1) is 5.69 Å². The molecule has 0 unspecified atom stereocenters. The van der Waals surface area contributed by atoms with Crippen LogP contribution in [-0.2, 0) is 6.61 Å². The zero-order valence-electron chi connectivity index (χ0n) is 8.99. The smallest absolute Gasteiger partial charge is 0.144 e. The molecule has 0 spiro atoms. The lowest BCUT2D eigenvalue weighted by Gasteiger charge is -2.10. The van der Waals surface area contributed by atoms with Crippen molar-refractivity contribution < 1.29 is 4.74 Å². The molecule has 88 valence electrons. The van der Waals surface area contributed by atoms with Crippen LogP contribution in [0.15, 0.2) is 46.9 Å². The van der Waals surface area contributed by atoms with Crippen molar-refractivity contribution in [2.24, 2.45) is 0 Å². The average Bonchev–Trinajstić information content (AvgIpc) is 2.32. The summed E-state index contributed by atoms with van der Waals surface area (Å²) in [6, 6.07) is 13.1. The molecule has 2 nitrogen and oxygen atoms in total. The molecule has 0 aliphatic heterocycles. The number of nitrogens with two attached hydrogens (primary N) is 1. The van der Waals surface area contributed by atoms with Crippen LogP contribution in [0.2, 0.25) is 5.02 Å². The van der Waals surface area contributed by atoms with E-state index in [1.807, 2.05) is 24.3 Å². The van der Waals surface area contributed by atoms with Gasteiger partial charge >= 0.3 is 0 Å². The Morgan fingerprint density at radius 2 is 1.94 bits per heavy atom. The van der Waals surface area contributed by atoms with E-state index in [2.05, 4.69) is 15.9 Å². The first kappa shape index (κ1) is 12.3. The third kappa shape index (κ3) is 3.14. The third-order valence-corrected chi connectivity index (χ3v) is 3.33. The fourth-order valence-electron chi connectivity index (χ4n) is 1.40. The Hall–Kier alpha value is -1.19. The van der Waals surface area contributed by atoms with Gasteiger partial charge in [0.2, 0.25) is 0 Å². The van der Waals surface area contributed by atoms with Crippen LogP contribution < -0.4 is 10.5 Å². The number of benzene rings is 2. The van der Waals surface area contributed by atoms with Gasteiger partial charge in [-0.05, 0) is 18.2 Å². The van der Waals surface area contributed by atoms with Gasteiger partial charge in [-0.1, -0.05) is 45.7 Å². The van der Waals surface area contributed by atoms with Gasteiger partial charge in [0.25, 0.3) is 0 Å². The van der Waals surface area contributed by atoms with Gasteiger partial charge in [0.15, 0.2) is 0 Å². The lowest BCUT2D eigenvalue weighted by Crippen LogP contribution is -1.99. The number of rotatable bonds is 3. The minimum atomic E-state index is 0.450. The average molecular weight is 313 g/mol. The van der Waals surface area contributed by atoms with E-state index in [0.29, 0.717) is 23.1 Å². The van der Waals surface area contributed by atoms with Crippen LogP contribution in [0.5, 0.6) is 5.75 Å². The van der Waals surface area contributed by atoms with E-state index in [-0.39, 0.29) is 0 Å². The first-order valence-corrected chi connectivity index (χ1v) is 6.25. The number of halogens is 2. The number of hydrogen-bond acceptors (Lipinski definition) is 2. The summed E-state index contributed by atoms with van der Waals surface area (Å²) in [6.45, 7) is 0.450. The van der Waals surface area contributed by atoms with E-state index in [9.17, 15) is 0 Å². The monoisotopic (exact) mass is 311 g/mol. The summed E-state index contributed by atoms with van der Waals surface area (Å²) < 4.78 is 6.66. The Bertz CT molecular complexity index is 531. The molecule has 17 heavy (non-hydrogen) atoms. The SMILES string of the molecule is Nc1ccc(Cl)cc1OCc1ccccc1Br. The van der Waals surface area contributed by atoms with Crippen LogP contribution in [0.1, 0.15) is 5.56 Å². The highest BCUT2D eigenvalue weighted by atomic mass is 79.9. The van der Waals surface area contributed by atoms with Crippen LogP contribution in [0, 0.1) is 0 Å². The van der Waals surface area contributed by atoms with Gasteiger partial charge in [-0.3, -0.25) is 0 Å². The fourth-order valence-corrected chi connectivity index (χ4v) is 1.97. The first-order valence-electron chi connectivity index (χ1n) is 5.08. The second kappa shape index (κ2) is 5.43. The highest BCUT2D eigenvalue weighted by Gasteiger charge is 2.03. The van der Waals surface area contributed by atoms with Crippen LogP contribution in [0.25, 0.3) is 0 Å². The molecule has 0 bridgehead atoms. The molecule has 0 atom stereocenters. The molecule has 0 saturated carbocycles. The second-order valence-electron chi connectivity index (χ2n) is 3.56. The van der Waals surface area contributed by atoms with Gasteiger partial charge in [0.1, 0.15) is 12.4 Å². The maximum Gasteiger partial charge on any atom is 0.144 e. The summed E-state index contributed by atoms with van der Waals surface area (Å²) in [5.74, 6) is 0.605. The van der Waals surface area contributed by atoms with Gasteiger partial charge in [-0.2, -0.15) is 0 Å². The maximum absolute atomic E-state index is 5.89. The van der Waals surface area contributed by atoms with Crippen molar-refractivity contribution >= 4 is 33.2 Å². The normalized spacial score (nSPS) is 10.2. The standard InChI is InChI=1S/C13H11BrClNO/c14-11-4-2-1-3-9(11)8-17-13-7-10(15)5-6-12(13)16/h1-7H,8,16H2. The van der Waals surface area contributed by atoms with E-state index in [4.69, 9.17) is 22.1 Å². The lowest BCUT2D eigenvalue weighted by atomic mass is 10.2. The largest absolute Gasteiger partial charge is 0.487 e. The molecule has 2 N–H and O–H groups in total. The van der Waals surface area contributed by atoms with Crippen molar-refractivity contribution in [2.75, 3.05) is 5.73 Å². The quantitative estimate of drug-likeness (QED) is 0.859. The van der Waals surface area contributed by atoms with E-state index in [0.717, 1.165) is 10.0 Å². The summed E-state index contributed by atoms with van der Waals surface area (Å²) in [4.78, 5) is 0. The number of anilines is 1. The molecule has 0 radical (unpaired) electrons. The fraction of sp³-hybridized carbons (Fsp3) is 0.0769. The molecule has 0 amide bonds. The Morgan fingerprint density at radius 3 is 2.71 bits per heavy atom. The molecule has 0 aliphatic rings. The van der Waals surface area contributed by atoms with Crippen molar-refractivity contribution in [1.82, 2.24) is 0 Å². The molecular formula is C13H11BrClNO. The molecule has 0 heterocycles. The van der Waals surface area contributed by atoms with Gasteiger partial charge < -0.3 is 10.5 Å². The van der Waals surface area contributed by atoms with Crippen molar-refractivity contribution in [3.05, 3.63) is 57.5 Å². The number of ether oxygens (including phenoxy) is 1. The molecule has 0 aromatic heterocycles. The van der Waals surface area contributed by atoms with Crippen molar-refractivity contribution in [3.8, 4) is 5.75 Å². The zero-order chi connectivity index (χ0) is 12.3. The van der Waals surface area contributed by atoms with Crippen LogP contribution >= 0.6 is 27.5 Å². The van der Waals surface area contributed by atoms with Crippen molar-refractivity contribution in [1.29, 1.82) is 0 Å². The van der Waals surface area contributed by atoms with Crippen LogP contribution in [0.3, 0.4) is 0 Å². The molecular weight excluding hydrogens is 302 g/mol. The van der Waals surface area contributed by atoms with Gasteiger partial charge in [-0.15, -0.1) is 0 Å². The Morgan fingerprint density at radius 1 is 1.18 bits per heavy atom. The zero-order valence-corrected chi connectivity index (χ0v) is 11.3. The van der Waals surface area contributed by atoms with E-state index >= 15 is 0 Å². The highest BCUT2D eigenvalue weighted by molar-refractivity contribution is 9.10. The molecule has 0 aliphatic carbocycles. The molecule has 0 fully saturated rings. The van der Waals surface area contributed by atoms with E-state index < -0.39 is 0 Å². The summed E-state index contributed by atoms with van der Waals surface area (Å²) in [7, 11) is 0. The Balaban J connectivity index is 2.12. The summed E-state index contributed by atoms with van der Waals surface area (Å²) in [5, 5.41) is 0.612. The minimum Gasteiger partial charge on any atom is -0.487 e. The molecule has 2 rings (SSSR count). The molecule has 2 aromatic carbocycles. The summed E-state index contributed by atoms with van der Waals surface area (Å²) in [6.07, 6.45) is 0. The second-order valence-corrected chi connectivity index (χ2v) is 4.85. The molecule has 0 saturated heterocycles. The van der Waals surface area contributed by atoms with Gasteiger partial charge in [-0.25, -0.2) is 0 Å². The summed E-state index contributed by atoms with van der Waals surface area (Å²) >= 11 is 9.35. The van der Waals surface area contributed by atoms with E-state index in [1.54, 1.807) is 18.2 Å². The number of nitrogen functional groups attached to an aromatic ring is 1. The maximum atomic E-state index is 5.89. The Labute approximate surface area is 113 Å². The molecule has 2 aromatic rings. The first-order chi connectivity index (χ1) is 8.16. The van der Waals surface area contributed by atoms with E-state index in [1.165, 1.54) is 0 Å². The lowest BCUT2D eigenvalue weighted by molar-refractivity contribution is 0.307. The Kier molecular flexibility index (Phi) is 3.92. The topological polar surface area (TPSA) is 35.2 Å². The van der Waals surface area contributed by atoms with Crippen molar-refractivity contribution in [2.45, 2.75) is 6.61 Å². The minimum absolute atomic E-state index is 0.450. The van der Waals surface area contributed by atoms with Crippen LogP contribution in [-0.4, -0.2) is 0 Å². The molecule has 4 heteroatoms.